The summed E-state index contributed by atoms with van der Waals surface area (Å²) >= 11 is 2.03. The van der Waals surface area contributed by atoms with Gasteiger partial charge in [-0.15, -0.1) is 0 Å². The van der Waals surface area contributed by atoms with Crippen molar-refractivity contribution in [3.63, 3.8) is 0 Å². The van der Waals surface area contributed by atoms with Crippen molar-refractivity contribution < 1.29 is 9.90 Å². The third-order valence-corrected chi connectivity index (χ3v) is 5.50. The Morgan fingerprint density at radius 2 is 2.35 bits per heavy atom. The number of hydrogen-bond donors (Lipinski definition) is 1. The van der Waals surface area contributed by atoms with E-state index in [1.54, 1.807) is 12.1 Å². The molecule has 1 aromatic carbocycles. The van der Waals surface area contributed by atoms with E-state index < -0.39 is 5.97 Å². The van der Waals surface area contributed by atoms with Crippen molar-refractivity contribution in [1.82, 2.24) is 9.55 Å². The fourth-order valence-electron chi connectivity index (χ4n) is 2.88. The molecule has 0 bridgehead atoms. The molecule has 20 heavy (non-hydrogen) atoms. The molecule has 1 saturated heterocycles. The smallest absolute Gasteiger partial charge is 0.335 e. The standard InChI is InChI=1S/C15H18N2O2S/c1-10-16-12-8-11(14(18)19)4-5-13(12)17(10)9-15(2)6-3-7-20-15/h4-5,8H,3,6-7,9H2,1-2H3,(H,18,19). The number of thioether (sulfide) groups is 1. The van der Waals surface area contributed by atoms with Gasteiger partial charge >= 0.3 is 5.97 Å². The minimum absolute atomic E-state index is 0.268. The number of aryl methyl sites for hydroxylation is 1. The molecule has 1 unspecified atom stereocenters. The molecule has 106 valence electrons. The molecule has 5 heteroatoms. The molecule has 0 radical (unpaired) electrons. The van der Waals surface area contributed by atoms with E-state index in [-0.39, 0.29) is 4.75 Å². The number of carbonyl (C=O) groups is 1. The van der Waals surface area contributed by atoms with Gasteiger partial charge in [0, 0.05) is 11.3 Å². The molecule has 0 aliphatic carbocycles. The quantitative estimate of drug-likeness (QED) is 0.942. The lowest BCUT2D eigenvalue weighted by Gasteiger charge is -2.24. The zero-order valence-corrected chi connectivity index (χ0v) is 12.5. The summed E-state index contributed by atoms with van der Waals surface area (Å²) in [5, 5.41) is 9.05. The minimum atomic E-state index is -0.905. The molecular weight excluding hydrogens is 272 g/mol. The van der Waals surface area contributed by atoms with E-state index in [0.717, 1.165) is 23.4 Å². The van der Waals surface area contributed by atoms with Gasteiger partial charge in [-0.3, -0.25) is 0 Å². The Balaban J connectivity index is 2.02. The average molecular weight is 290 g/mol. The van der Waals surface area contributed by atoms with Gasteiger partial charge in [0.1, 0.15) is 5.82 Å². The highest BCUT2D eigenvalue weighted by molar-refractivity contribution is 8.00. The van der Waals surface area contributed by atoms with Crippen LogP contribution < -0.4 is 0 Å². The lowest BCUT2D eigenvalue weighted by atomic mass is 10.1. The number of nitrogens with zero attached hydrogens (tertiary/aromatic N) is 2. The van der Waals surface area contributed by atoms with Crippen LogP contribution in [0, 0.1) is 6.92 Å². The summed E-state index contributed by atoms with van der Waals surface area (Å²) in [7, 11) is 0. The number of rotatable bonds is 3. The Kier molecular flexibility index (Phi) is 3.24. The van der Waals surface area contributed by atoms with E-state index >= 15 is 0 Å². The second kappa shape index (κ2) is 4.81. The van der Waals surface area contributed by atoms with Gasteiger partial charge in [-0.05, 0) is 50.6 Å². The van der Waals surface area contributed by atoms with Crippen molar-refractivity contribution in [1.29, 1.82) is 0 Å². The van der Waals surface area contributed by atoms with Crippen molar-refractivity contribution >= 4 is 28.8 Å². The van der Waals surface area contributed by atoms with Gasteiger partial charge < -0.3 is 9.67 Å². The first-order chi connectivity index (χ1) is 9.48. The van der Waals surface area contributed by atoms with Crippen LogP contribution in [0.5, 0.6) is 0 Å². The molecule has 3 rings (SSSR count). The van der Waals surface area contributed by atoms with Crippen LogP contribution >= 0.6 is 11.8 Å². The van der Waals surface area contributed by atoms with Crippen molar-refractivity contribution in [2.45, 2.75) is 38.0 Å². The van der Waals surface area contributed by atoms with E-state index in [0.29, 0.717) is 5.56 Å². The molecule has 0 spiro atoms. The maximum atomic E-state index is 11.0. The number of hydrogen-bond acceptors (Lipinski definition) is 3. The Labute approximate surface area is 122 Å². The summed E-state index contributed by atoms with van der Waals surface area (Å²) in [6, 6.07) is 5.19. The largest absolute Gasteiger partial charge is 0.478 e. The molecule has 1 atom stereocenters. The summed E-state index contributed by atoms with van der Waals surface area (Å²) in [6.45, 7) is 5.23. The second-order valence-corrected chi connectivity index (χ2v) is 7.34. The Hall–Kier alpha value is -1.49. The fourth-order valence-corrected chi connectivity index (χ4v) is 4.17. The van der Waals surface area contributed by atoms with Gasteiger partial charge in [0.05, 0.1) is 16.6 Å². The van der Waals surface area contributed by atoms with Gasteiger partial charge in [0.25, 0.3) is 0 Å². The first-order valence-electron chi connectivity index (χ1n) is 6.83. The number of fused-ring (bicyclic) bond motifs is 1. The van der Waals surface area contributed by atoms with Gasteiger partial charge in [0.15, 0.2) is 0 Å². The van der Waals surface area contributed by atoms with Crippen molar-refractivity contribution in [3.05, 3.63) is 29.6 Å². The Morgan fingerprint density at radius 3 is 3.00 bits per heavy atom. The molecule has 2 aromatic rings. The summed E-state index contributed by atoms with van der Waals surface area (Å²) in [4.78, 5) is 15.5. The molecule has 0 saturated carbocycles. The number of imidazole rings is 1. The highest BCUT2D eigenvalue weighted by Gasteiger charge is 2.30. The highest BCUT2D eigenvalue weighted by Crippen LogP contribution is 2.39. The predicted molar refractivity (Wildman–Crippen MR) is 81.5 cm³/mol. The van der Waals surface area contributed by atoms with Crippen molar-refractivity contribution in [2.24, 2.45) is 0 Å². The van der Waals surface area contributed by atoms with Crippen LogP contribution in [-0.2, 0) is 6.54 Å². The van der Waals surface area contributed by atoms with Crippen LogP contribution in [0.1, 0.15) is 35.9 Å². The number of benzene rings is 1. The Morgan fingerprint density at radius 1 is 1.55 bits per heavy atom. The van der Waals surface area contributed by atoms with Gasteiger partial charge in [0.2, 0.25) is 0 Å². The van der Waals surface area contributed by atoms with Crippen LogP contribution in [0.25, 0.3) is 11.0 Å². The fraction of sp³-hybridized carbons (Fsp3) is 0.467. The van der Waals surface area contributed by atoms with E-state index in [4.69, 9.17) is 5.11 Å². The molecule has 0 amide bonds. The number of aromatic nitrogens is 2. The van der Waals surface area contributed by atoms with Crippen LogP contribution in [0.3, 0.4) is 0 Å². The average Bonchev–Trinajstić information content (AvgIpc) is 2.95. The van der Waals surface area contributed by atoms with E-state index in [9.17, 15) is 4.79 Å². The zero-order chi connectivity index (χ0) is 14.3. The SMILES string of the molecule is Cc1nc2cc(C(=O)O)ccc2n1CC1(C)CCCS1. The molecule has 1 fully saturated rings. The number of carboxylic acids is 1. The molecular formula is C15H18N2O2S. The maximum absolute atomic E-state index is 11.0. The molecule has 1 N–H and O–H groups in total. The van der Waals surface area contributed by atoms with E-state index in [2.05, 4.69) is 16.5 Å². The first kappa shape index (κ1) is 13.5. The van der Waals surface area contributed by atoms with Crippen LogP contribution in [0.2, 0.25) is 0 Å². The maximum Gasteiger partial charge on any atom is 0.335 e. The molecule has 1 aliphatic heterocycles. The number of carboxylic acid groups (broad SMARTS) is 1. The molecule has 1 aliphatic rings. The monoisotopic (exact) mass is 290 g/mol. The van der Waals surface area contributed by atoms with Crippen LogP contribution in [0.15, 0.2) is 18.2 Å². The minimum Gasteiger partial charge on any atom is -0.478 e. The zero-order valence-electron chi connectivity index (χ0n) is 11.7. The second-order valence-electron chi connectivity index (χ2n) is 5.66. The summed E-state index contributed by atoms with van der Waals surface area (Å²) < 4.78 is 2.49. The van der Waals surface area contributed by atoms with Gasteiger partial charge in [-0.1, -0.05) is 0 Å². The molecule has 2 heterocycles. The third kappa shape index (κ3) is 2.30. The van der Waals surface area contributed by atoms with Crippen molar-refractivity contribution in [2.75, 3.05) is 5.75 Å². The summed E-state index contributed by atoms with van der Waals surface area (Å²) in [6.07, 6.45) is 2.50. The van der Waals surface area contributed by atoms with Crippen LogP contribution in [-0.4, -0.2) is 31.1 Å². The highest BCUT2D eigenvalue weighted by atomic mass is 32.2. The topological polar surface area (TPSA) is 55.1 Å². The van der Waals surface area contributed by atoms with Gasteiger partial charge in [-0.25, -0.2) is 9.78 Å². The van der Waals surface area contributed by atoms with E-state index in [1.807, 2.05) is 24.8 Å². The van der Waals surface area contributed by atoms with Crippen LogP contribution in [0.4, 0.5) is 0 Å². The molecule has 4 nitrogen and oxygen atoms in total. The lowest BCUT2D eigenvalue weighted by molar-refractivity contribution is 0.0697. The third-order valence-electron chi connectivity index (χ3n) is 3.98. The lowest BCUT2D eigenvalue weighted by Crippen LogP contribution is -2.24. The summed E-state index contributed by atoms with van der Waals surface area (Å²) in [5.41, 5.74) is 2.10. The summed E-state index contributed by atoms with van der Waals surface area (Å²) in [5.74, 6) is 1.28. The predicted octanol–water partition coefficient (Wildman–Crippen LogP) is 3.33. The number of aromatic carboxylic acids is 1. The molecule has 1 aromatic heterocycles. The Bertz CT molecular complexity index is 672. The van der Waals surface area contributed by atoms with E-state index in [1.165, 1.54) is 18.6 Å². The normalized spacial score (nSPS) is 22.5. The van der Waals surface area contributed by atoms with Gasteiger partial charge in [-0.2, -0.15) is 11.8 Å². The van der Waals surface area contributed by atoms with Crippen molar-refractivity contribution in [3.8, 4) is 0 Å². The first-order valence-corrected chi connectivity index (χ1v) is 7.81.